The van der Waals surface area contributed by atoms with E-state index in [1.54, 1.807) is 0 Å². The van der Waals surface area contributed by atoms with Crippen molar-refractivity contribution in [2.24, 2.45) is 5.73 Å². The Morgan fingerprint density at radius 3 is 2.50 bits per heavy atom. The molecule has 2 N–H and O–H groups in total. The Morgan fingerprint density at radius 1 is 1.38 bits per heavy atom. The van der Waals surface area contributed by atoms with Gasteiger partial charge in [-0.3, -0.25) is 4.79 Å². The van der Waals surface area contributed by atoms with E-state index in [9.17, 15) is 4.79 Å². The van der Waals surface area contributed by atoms with Gasteiger partial charge in [-0.1, -0.05) is 30.3 Å². The molecule has 0 aromatic heterocycles. The van der Waals surface area contributed by atoms with Crippen molar-refractivity contribution >= 4 is 5.91 Å². The van der Waals surface area contributed by atoms with Gasteiger partial charge in [-0.25, -0.2) is 0 Å². The van der Waals surface area contributed by atoms with Gasteiger partial charge in [0.05, 0.1) is 5.54 Å². The Morgan fingerprint density at radius 2 is 2.00 bits per heavy atom. The number of amides is 1. The van der Waals surface area contributed by atoms with E-state index >= 15 is 0 Å². The predicted octanol–water partition coefficient (Wildman–Crippen LogP) is 1.53. The molecule has 0 unspecified atom stereocenters. The number of carbonyl (C=O) groups is 1. The fraction of sp³-hybridized carbons (Fsp3) is 0.462. The third-order valence-corrected chi connectivity index (χ3v) is 3.10. The van der Waals surface area contributed by atoms with Crippen LogP contribution in [0, 0.1) is 0 Å². The first-order valence-electron chi connectivity index (χ1n) is 5.78. The van der Waals surface area contributed by atoms with Gasteiger partial charge in [-0.2, -0.15) is 0 Å². The summed E-state index contributed by atoms with van der Waals surface area (Å²) in [7, 11) is 0. The van der Waals surface area contributed by atoms with Gasteiger partial charge < -0.3 is 10.6 Å². The zero-order valence-corrected chi connectivity index (χ0v) is 9.65. The Balaban J connectivity index is 2.04. The molecule has 1 fully saturated rings. The lowest BCUT2D eigenvalue weighted by Gasteiger charge is -2.24. The maximum absolute atomic E-state index is 12.1. The van der Waals surface area contributed by atoms with Crippen LogP contribution in [-0.2, 0) is 11.3 Å². The van der Waals surface area contributed by atoms with Crippen molar-refractivity contribution < 1.29 is 4.79 Å². The molecule has 1 amide bonds. The Bertz CT molecular complexity index is 371. The lowest BCUT2D eigenvalue weighted by molar-refractivity contribution is -0.134. The van der Waals surface area contributed by atoms with Crippen molar-refractivity contribution in [1.82, 2.24) is 4.90 Å². The van der Waals surface area contributed by atoms with E-state index in [1.165, 1.54) is 0 Å². The lowest BCUT2D eigenvalue weighted by Crippen LogP contribution is -2.45. The number of carbonyl (C=O) groups excluding carboxylic acids is 1. The summed E-state index contributed by atoms with van der Waals surface area (Å²) in [5, 5.41) is 0. The summed E-state index contributed by atoms with van der Waals surface area (Å²) in [4.78, 5) is 13.9. The van der Waals surface area contributed by atoms with E-state index in [1.807, 2.05) is 42.2 Å². The molecule has 1 aliphatic carbocycles. The van der Waals surface area contributed by atoms with Crippen molar-refractivity contribution in [2.75, 3.05) is 6.54 Å². The Labute approximate surface area is 96.2 Å². The lowest BCUT2D eigenvalue weighted by atomic mass is 10.2. The van der Waals surface area contributed by atoms with Crippen molar-refractivity contribution in [2.45, 2.75) is 31.8 Å². The number of likely N-dealkylation sites (N-methyl/N-ethyl adjacent to an activating group) is 1. The van der Waals surface area contributed by atoms with Crippen molar-refractivity contribution in [3.8, 4) is 0 Å². The number of benzene rings is 1. The maximum atomic E-state index is 12.1. The highest BCUT2D eigenvalue weighted by Crippen LogP contribution is 2.34. The minimum absolute atomic E-state index is 0.0962. The number of hydrogen-bond acceptors (Lipinski definition) is 2. The fourth-order valence-corrected chi connectivity index (χ4v) is 1.79. The van der Waals surface area contributed by atoms with Gasteiger partial charge in [-0.15, -0.1) is 0 Å². The molecule has 0 heterocycles. The summed E-state index contributed by atoms with van der Waals surface area (Å²) >= 11 is 0. The first kappa shape index (κ1) is 11.1. The van der Waals surface area contributed by atoms with E-state index < -0.39 is 5.54 Å². The molecule has 3 nitrogen and oxygen atoms in total. The largest absolute Gasteiger partial charge is 0.337 e. The summed E-state index contributed by atoms with van der Waals surface area (Å²) in [6.45, 7) is 3.37. The van der Waals surface area contributed by atoms with Gasteiger partial charge in [0.2, 0.25) is 5.91 Å². The van der Waals surface area contributed by atoms with E-state index in [0.717, 1.165) is 18.4 Å². The monoisotopic (exact) mass is 218 g/mol. The van der Waals surface area contributed by atoms with Gasteiger partial charge >= 0.3 is 0 Å². The average Bonchev–Trinajstić information content (AvgIpc) is 3.06. The average molecular weight is 218 g/mol. The molecule has 1 aliphatic rings. The van der Waals surface area contributed by atoms with E-state index in [2.05, 4.69) is 0 Å². The third kappa shape index (κ3) is 2.25. The Hall–Kier alpha value is -1.35. The standard InChI is InChI=1S/C13H18N2O/c1-2-15(12(16)13(14)8-9-13)10-11-6-4-3-5-7-11/h3-7H,2,8-10,14H2,1H3. The Kier molecular flexibility index (Phi) is 2.97. The summed E-state index contributed by atoms with van der Waals surface area (Å²) in [5.74, 6) is 0.0962. The van der Waals surface area contributed by atoms with Crippen LogP contribution in [0.5, 0.6) is 0 Å². The van der Waals surface area contributed by atoms with Crippen molar-refractivity contribution in [3.05, 3.63) is 35.9 Å². The summed E-state index contributed by atoms with van der Waals surface area (Å²) in [6.07, 6.45) is 1.66. The molecule has 16 heavy (non-hydrogen) atoms. The van der Waals surface area contributed by atoms with Crippen LogP contribution in [0.25, 0.3) is 0 Å². The minimum Gasteiger partial charge on any atom is -0.337 e. The first-order chi connectivity index (χ1) is 7.65. The summed E-state index contributed by atoms with van der Waals surface area (Å²) in [5.41, 5.74) is 6.53. The number of hydrogen-bond donors (Lipinski definition) is 1. The minimum atomic E-state index is -0.551. The smallest absolute Gasteiger partial charge is 0.242 e. The molecule has 2 rings (SSSR count). The third-order valence-electron chi connectivity index (χ3n) is 3.10. The molecule has 3 heteroatoms. The van der Waals surface area contributed by atoms with E-state index in [0.29, 0.717) is 13.1 Å². The van der Waals surface area contributed by atoms with Crippen LogP contribution >= 0.6 is 0 Å². The molecule has 1 aromatic rings. The van der Waals surface area contributed by atoms with Crippen LogP contribution in [0.15, 0.2) is 30.3 Å². The molecule has 0 radical (unpaired) electrons. The fourth-order valence-electron chi connectivity index (χ4n) is 1.79. The molecule has 1 aromatic carbocycles. The second-order valence-electron chi connectivity index (χ2n) is 4.46. The quantitative estimate of drug-likeness (QED) is 0.833. The van der Waals surface area contributed by atoms with Crippen molar-refractivity contribution in [3.63, 3.8) is 0 Å². The van der Waals surface area contributed by atoms with Crippen LogP contribution < -0.4 is 5.73 Å². The van der Waals surface area contributed by atoms with Gasteiger partial charge in [0.15, 0.2) is 0 Å². The molecule has 0 saturated heterocycles. The molecule has 0 bridgehead atoms. The highest BCUT2D eigenvalue weighted by molar-refractivity contribution is 5.89. The molecule has 0 spiro atoms. The highest BCUT2D eigenvalue weighted by Gasteiger charge is 2.47. The normalized spacial score (nSPS) is 16.9. The molecular formula is C13H18N2O. The van der Waals surface area contributed by atoms with Gasteiger partial charge in [-0.05, 0) is 25.3 Å². The van der Waals surface area contributed by atoms with Crippen LogP contribution in [0.4, 0.5) is 0 Å². The van der Waals surface area contributed by atoms with Gasteiger partial charge in [0.1, 0.15) is 0 Å². The number of rotatable bonds is 4. The molecule has 86 valence electrons. The van der Waals surface area contributed by atoms with E-state index in [4.69, 9.17) is 5.73 Å². The molecule has 1 saturated carbocycles. The number of nitrogens with zero attached hydrogens (tertiary/aromatic N) is 1. The van der Waals surface area contributed by atoms with Crippen LogP contribution in [0.1, 0.15) is 25.3 Å². The SMILES string of the molecule is CCN(Cc1ccccc1)C(=O)C1(N)CC1. The molecular weight excluding hydrogens is 200 g/mol. The van der Waals surface area contributed by atoms with Crippen LogP contribution in [0.2, 0.25) is 0 Å². The summed E-state index contributed by atoms with van der Waals surface area (Å²) < 4.78 is 0. The van der Waals surface area contributed by atoms with Crippen LogP contribution in [0.3, 0.4) is 0 Å². The number of nitrogens with two attached hydrogens (primary N) is 1. The van der Waals surface area contributed by atoms with Gasteiger partial charge in [0, 0.05) is 13.1 Å². The van der Waals surface area contributed by atoms with Crippen LogP contribution in [-0.4, -0.2) is 22.9 Å². The molecule has 0 aliphatic heterocycles. The zero-order valence-electron chi connectivity index (χ0n) is 9.65. The second-order valence-corrected chi connectivity index (χ2v) is 4.46. The molecule has 0 atom stereocenters. The highest BCUT2D eigenvalue weighted by atomic mass is 16.2. The first-order valence-corrected chi connectivity index (χ1v) is 5.78. The van der Waals surface area contributed by atoms with E-state index in [-0.39, 0.29) is 5.91 Å². The summed E-state index contributed by atoms with van der Waals surface area (Å²) in [6, 6.07) is 10.0. The maximum Gasteiger partial charge on any atom is 0.242 e. The zero-order chi connectivity index (χ0) is 11.6. The van der Waals surface area contributed by atoms with Gasteiger partial charge in [0.25, 0.3) is 0 Å². The second kappa shape index (κ2) is 4.26. The predicted molar refractivity (Wildman–Crippen MR) is 63.7 cm³/mol. The topological polar surface area (TPSA) is 46.3 Å². The van der Waals surface area contributed by atoms with Crippen molar-refractivity contribution in [1.29, 1.82) is 0 Å².